The Morgan fingerprint density at radius 2 is 2.00 bits per heavy atom. The molecule has 2 rings (SSSR count). The van der Waals surface area contributed by atoms with Crippen LogP contribution in [-0.2, 0) is 4.74 Å². The van der Waals surface area contributed by atoms with Gasteiger partial charge in [-0.2, -0.15) is 11.3 Å². The molecule has 1 aromatic heterocycles. The molecule has 0 fully saturated rings. The van der Waals surface area contributed by atoms with E-state index < -0.39 is 0 Å². The summed E-state index contributed by atoms with van der Waals surface area (Å²) in [5.41, 5.74) is 3.81. The fourth-order valence-electron chi connectivity index (χ4n) is 2.85. The van der Waals surface area contributed by atoms with Crippen molar-refractivity contribution < 1.29 is 9.47 Å². The standard InChI is InChI=1S/C27H34O2S/c1-27(2,3)17-9-5-7-12-23(21-28-4)13-8-6-10-18-29-26-15-11-14-24(20-26)25-16-19-30-22-25/h5,7,11,13-16,19-20,22H,6,8,10,12,18,21H2,1-4H3/b7-5+,23-13+. The van der Waals surface area contributed by atoms with Gasteiger partial charge in [-0.1, -0.05) is 36.1 Å². The number of allylic oxidation sites excluding steroid dienone is 3. The maximum Gasteiger partial charge on any atom is 0.119 e. The minimum absolute atomic E-state index is 0.0445. The van der Waals surface area contributed by atoms with E-state index in [1.165, 1.54) is 16.7 Å². The summed E-state index contributed by atoms with van der Waals surface area (Å²) in [5, 5.41) is 4.26. The van der Waals surface area contributed by atoms with Crippen LogP contribution >= 0.6 is 11.3 Å². The highest BCUT2D eigenvalue weighted by molar-refractivity contribution is 7.08. The molecule has 0 aliphatic carbocycles. The molecule has 0 aliphatic heterocycles. The highest BCUT2D eigenvalue weighted by atomic mass is 32.1. The van der Waals surface area contributed by atoms with E-state index in [1.807, 2.05) is 12.1 Å². The second-order valence-corrected chi connectivity index (χ2v) is 9.09. The summed E-state index contributed by atoms with van der Waals surface area (Å²) in [5.74, 6) is 7.28. The van der Waals surface area contributed by atoms with Crippen molar-refractivity contribution in [1.82, 2.24) is 0 Å². The summed E-state index contributed by atoms with van der Waals surface area (Å²) in [6.45, 7) is 7.77. The lowest BCUT2D eigenvalue weighted by Crippen LogP contribution is -1.98. The Hall–Kier alpha value is -2.28. The van der Waals surface area contributed by atoms with E-state index in [-0.39, 0.29) is 5.41 Å². The molecule has 0 N–H and O–H groups in total. The molecule has 0 spiro atoms. The van der Waals surface area contributed by atoms with E-state index in [9.17, 15) is 0 Å². The minimum Gasteiger partial charge on any atom is -0.494 e. The molecule has 0 aliphatic rings. The third-order valence-corrected chi connectivity index (χ3v) is 5.03. The first-order valence-electron chi connectivity index (χ1n) is 10.6. The van der Waals surface area contributed by atoms with E-state index in [4.69, 9.17) is 9.47 Å². The molecule has 1 aromatic carbocycles. The zero-order chi connectivity index (χ0) is 21.7. The van der Waals surface area contributed by atoms with Gasteiger partial charge in [0, 0.05) is 12.5 Å². The molecule has 0 amide bonds. The average Bonchev–Trinajstić information content (AvgIpc) is 3.24. The van der Waals surface area contributed by atoms with Crippen molar-refractivity contribution in [2.24, 2.45) is 5.41 Å². The van der Waals surface area contributed by atoms with Crippen LogP contribution < -0.4 is 4.74 Å². The summed E-state index contributed by atoms with van der Waals surface area (Å²) < 4.78 is 11.3. The summed E-state index contributed by atoms with van der Waals surface area (Å²) in [4.78, 5) is 0. The SMILES string of the molecule is COC/C(=C/CCCCOc1cccc(-c2ccsc2)c1)C/C=C/C#CC(C)(C)C. The van der Waals surface area contributed by atoms with E-state index in [0.29, 0.717) is 6.61 Å². The van der Waals surface area contributed by atoms with Gasteiger partial charge in [0.25, 0.3) is 0 Å². The number of hydrogen-bond donors (Lipinski definition) is 0. The molecule has 2 aromatic rings. The van der Waals surface area contributed by atoms with Crippen molar-refractivity contribution >= 4 is 11.3 Å². The molecule has 0 saturated carbocycles. The molecule has 160 valence electrons. The van der Waals surface area contributed by atoms with Gasteiger partial charge in [-0.15, -0.1) is 0 Å². The Balaban J connectivity index is 1.71. The predicted molar refractivity (Wildman–Crippen MR) is 130 cm³/mol. The monoisotopic (exact) mass is 422 g/mol. The lowest BCUT2D eigenvalue weighted by atomic mass is 9.98. The number of ether oxygens (including phenoxy) is 2. The first-order valence-corrected chi connectivity index (χ1v) is 11.5. The fraction of sp³-hybridized carbons (Fsp3) is 0.407. The van der Waals surface area contributed by atoms with Crippen molar-refractivity contribution in [2.75, 3.05) is 20.3 Å². The lowest BCUT2D eigenvalue weighted by Gasteiger charge is -2.08. The predicted octanol–water partition coefficient (Wildman–Crippen LogP) is 7.53. The molecule has 2 nitrogen and oxygen atoms in total. The zero-order valence-corrected chi connectivity index (χ0v) is 19.6. The smallest absolute Gasteiger partial charge is 0.119 e. The molecule has 1 heterocycles. The summed E-state index contributed by atoms with van der Waals surface area (Å²) >= 11 is 1.71. The number of thiophene rings is 1. The van der Waals surface area contributed by atoms with Crippen LogP contribution in [0, 0.1) is 17.3 Å². The third-order valence-electron chi connectivity index (χ3n) is 4.35. The first-order chi connectivity index (χ1) is 14.5. The Morgan fingerprint density at radius 3 is 2.73 bits per heavy atom. The number of unbranched alkanes of at least 4 members (excludes halogenated alkanes) is 2. The van der Waals surface area contributed by atoms with Gasteiger partial charge in [-0.05, 0) is 98.2 Å². The minimum atomic E-state index is 0.0445. The van der Waals surface area contributed by atoms with Crippen LogP contribution in [0.1, 0.15) is 46.5 Å². The number of hydrogen-bond acceptors (Lipinski definition) is 3. The Kier molecular flexibility index (Phi) is 10.5. The molecular weight excluding hydrogens is 388 g/mol. The van der Waals surface area contributed by atoms with Gasteiger partial charge in [0.15, 0.2) is 0 Å². The molecular formula is C27H34O2S. The normalized spacial score (nSPS) is 12.1. The molecule has 0 unspecified atom stereocenters. The quantitative estimate of drug-likeness (QED) is 0.212. The number of benzene rings is 1. The van der Waals surface area contributed by atoms with E-state index in [2.05, 4.69) is 79.8 Å². The maximum absolute atomic E-state index is 5.95. The first kappa shape index (κ1) is 24.0. The molecule has 0 saturated heterocycles. The van der Waals surface area contributed by atoms with Gasteiger partial charge >= 0.3 is 0 Å². The van der Waals surface area contributed by atoms with Gasteiger partial charge < -0.3 is 9.47 Å². The largest absolute Gasteiger partial charge is 0.494 e. The van der Waals surface area contributed by atoms with E-state index in [1.54, 1.807) is 18.4 Å². The molecule has 30 heavy (non-hydrogen) atoms. The molecule has 3 heteroatoms. The number of rotatable bonds is 11. The lowest BCUT2D eigenvalue weighted by molar-refractivity contribution is 0.224. The van der Waals surface area contributed by atoms with Gasteiger partial charge in [0.05, 0.1) is 13.2 Å². The van der Waals surface area contributed by atoms with Gasteiger partial charge in [-0.3, -0.25) is 0 Å². The Bertz CT molecular complexity index is 858. The second-order valence-electron chi connectivity index (χ2n) is 8.31. The van der Waals surface area contributed by atoms with Crippen molar-refractivity contribution in [3.63, 3.8) is 0 Å². The van der Waals surface area contributed by atoms with Gasteiger partial charge in [0.2, 0.25) is 0 Å². The Morgan fingerprint density at radius 1 is 1.13 bits per heavy atom. The average molecular weight is 423 g/mol. The molecule has 0 atom stereocenters. The van der Waals surface area contributed by atoms with Crippen molar-refractivity contribution in [3.05, 3.63) is 64.9 Å². The third kappa shape index (κ3) is 9.96. The van der Waals surface area contributed by atoms with Crippen LogP contribution in [0.3, 0.4) is 0 Å². The van der Waals surface area contributed by atoms with E-state index in [0.717, 1.165) is 38.0 Å². The molecule has 0 bridgehead atoms. The Labute approximate surface area is 186 Å². The highest BCUT2D eigenvalue weighted by Crippen LogP contribution is 2.25. The summed E-state index contributed by atoms with van der Waals surface area (Å²) in [6, 6.07) is 10.5. The van der Waals surface area contributed by atoms with Crippen molar-refractivity contribution in [1.29, 1.82) is 0 Å². The maximum atomic E-state index is 5.95. The summed E-state index contributed by atoms with van der Waals surface area (Å²) in [6.07, 6.45) is 10.4. The topological polar surface area (TPSA) is 18.5 Å². The van der Waals surface area contributed by atoms with Gasteiger partial charge in [-0.25, -0.2) is 0 Å². The second kappa shape index (κ2) is 13.1. The fourth-order valence-corrected chi connectivity index (χ4v) is 3.52. The van der Waals surface area contributed by atoms with Crippen LogP contribution in [0.5, 0.6) is 5.75 Å². The highest BCUT2D eigenvalue weighted by Gasteiger charge is 2.02. The van der Waals surface area contributed by atoms with Crippen LogP contribution in [0.15, 0.2) is 64.9 Å². The van der Waals surface area contributed by atoms with Crippen molar-refractivity contribution in [2.45, 2.75) is 46.5 Å². The van der Waals surface area contributed by atoms with Crippen LogP contribution in [0.2, 0.25) is 0 Å². The van der Waals surface area contributed by atoms with Crippen LogP contribution in [0.4, 0.5) is 0 Å². The molecule has 0 radical (unpaired) electrons. The summed E-state index contributed by atoms with van der Waals surface area (Å²) in [7, 11) is 1.75. The van der Waals surface area contributed by atoms with E-state index >= 15 is 0 Å². The van der Waals surface area contributed by atoms with Crippen molar-refractivity contribution in [3.8, 4) is 28.7 Å². The zero-order valence-electron chi connectivity index (χ0n) is 18.7. The number of methoxy groups -OCH3 is 1. The van der Waals surface area contributed by atoms with Crippen LogP contribution in [-0.4, -0.2) is 20.3 Å². The van der Waals surface area contributed by atoms with Gasteiger partial charge in [0.1, 0.15) is 5.75 Å². The van der Waals surface area contributed by atoms with Crippen LogP contribution in [0.25, 0.3) is 11.1 Å².